The number of aliphatic carboxylic acids is 1. The smallest absolute Gasteiger partial charge is 0.303 e. The van der Waals surface area contributed by atoms with Crippen LogP contribution in [0.3, 0.4) is 0 Å². The van der Waals surface area contributed by atoms with E-state index >= 15 is 0 Å². The average Bonchev–Trinajstić information content (AvgIpc) is 2.65. The van der Waals surface area contributed by atoms with Crippen LogP contribution in [0.2, 0.25) is 0 Å². The van der Waals surface area contributed by atoms with Crippen molar-refractivity contribution in [3.8, 4) is 0 Å². The summed E-state index contributed by atoms with van der Waals surface area (Å²) in [6.45, 7) is 6.85. The molecule has 0 spiro atoms. The lowest BCUT2D eigenvalue weighted by Gasteiger charge is -2.38. The molecule has 98 valence electrons. The summed E-state index contributed by atoms with van der Waals surface area (Å²) in [6.07, 6.45) is 6.66. The maximum atomic E-state index is 10.7. The van der Waals surface area contributed by atoms with E-state index in [-0.39, 0.29) is 0 Å². The molecule has 1 saturated heterocycles. The van der Waals surface area contributed by atoms with Gasteiger partial charge in [0.2, 0.25) is 0 Å². The Labute approximate surface area is 104 Å². The van der Waals surface area contributed by atoms with Crippen LogP contribution in [-0.4, -0.2) is 35.1 Å². The van der Waals surface area contributed by atoms with Crippen molar-refractivity contribution < 1.29 is 9.90 Å². The number of rotatable bonds is 3. The number of carbonyl (C=O) groups is 1. The molecule has 0 radical (unpaired) electrons. The van der Waals surface area contributed by atoms with Crippen molar-refractivity contribution in [2.45, 2.75) is 58.4 Å². The standard InChI is InChI=1S/C14H25NO2/c1-14(2)6-3-12(4-7-14)15-8-5-11(10-15)9-13(16)17/h11-12H,3-10H2,1-2H3,(H,16,17). The Balaban J connectivity index is 1.79. The van der Waals surface area contributed by atoms with Crippen LogP contribution < -0.4 is 0 Å². The molecule has 1 unspecified atom stereocenters. The van der Waals surface area contributed by atoms with Gasteiger partial charge in [-0.15, -0.1) is 0 Å². The van der Waals surface area contributed by atoms with Gasteiger partial charge in [-0.25, -0.2) is 0 Å². The Morgan fingerprint density at radius 3 is 2.53 bits per heavy atom. The van der Waals surface area contributed by atoms with Gasteiger partial charge in [0, 0.05) is 19.0 Å². The van der Waals surface area contributed by atoms with Gasteiger partial charge in [0.25, 0.3) is 0 Å². The third-order valence-electron chi connectivity index (χ3n) is 4.61. The number of hydrogen-bond donors (Lipinski definition) is 1. The predicted molar refractivity (Wildman–Crippen MR) is 68.0 cm³/mol. The first-order valence-corrected chi connectivity index (χ1v) is 6.92. The van der Waals surface area contributed by atoms with Gasteiger partial charge in [-0.3, -0.25) is 4.79 Å². The van der Waals surface area contributed by atoms with Crippen LogP contribution in [0.15, 0.2) is 0 Å². The van der Waals surface area contributed by atoms with E-state index in [1.54, 1.807) is 0 Å². The minimum absolute atomic E-state index is 0.356. The molecule has 1 atom stereocenters. The summed E-state index contributed by atoms with van der Waals surface area (Å²) < 4.78 is 0. The van der Waals surface area contributed by atoms with Crippen LogP contribution >= 0.6 is 0 Å². The number of hydrogen-bond acceptors (Lipinski definition) is 2. The summed E-state index contributed by atoms with van der Waals surface area (Å²) >= 11 is 0. The molecule has 0 aromatic carbocycles. The van der Waals surface area contributed by atoms with E-state index < -0.39 is 5.97 Å². The van der Waals surface area contributed by atoms with Crippen molar-refractivity contribution >= 4 is 5.97 Å². The van der Waals surface area contributed by atoms with E-state index in [1.165, 1.54) is 25.7 Å². The zero-order valence-electron chi connectivity index (χ0n) is 11.1. The van der Waals surface area contributed by atoms with Gasteiger partial charge < -0.3 is 10.0 Å². The number of carboxylic acids is 1. The summed E-state index contributed by atoms with van der Waals surface area (Å²) in [7, 11) is 0. The third kappa shape index (κ3) is 3.44. The summed E-state index contributed by atoms with van der Waals surface area (Å²) in [5.41, 5.74) is 0.524. The van der Waals surface area contributed by atoms with Crippen molar-refractivity contribution in [2.24, 2.45) is 11.3 Å². The number of nitrogens with zero attached hydrogens (tertiary/aromatic N) is 1. The first-order valence-electron chi connectivity index (χ1n) is 6.92. The molecule has 3 nitrogen and oxygen atoms in total. The van der Waals surface area contributed by atoms with Crippen LogP contribution in [0.25, 0.3) is 0 Å². The van der Waals surface area contributed by atoms with Gasteiger partial charge in [-0.2, -0.15) is 0 Å². The summed E-state index contributed by atoms with van der Waals surface area (Å²) in [5, 5.41) is 8.82. The fourth-order valence-electron chi connectivity index (χ4n) is 3.36. The second-order valence-corrected chi connectivity index (χ2v) is 6.64. The van der Waals surface area contributed by atoms with Crippen LogP contribution in [0.4, 0.5) is 0 Å². The monoisotopic (exact) mass is 239 g/mol. The third-order valence-corrected chi connectivity index (χ3v) is 4.61. The molecule has 0 amide bonds. The van der Waals surface area contributed by atoms with E-state index in [2.05, 4.69) is 18.7 Å². The molecule has 17 heavy (non-hydrogen) atoms. The molecular formula is C14H25NO2. The van der Waals surface area contributed by atoms with Gasteiger partial charge in [0.1, 0.15) is 0 Å². The van der Waals surface area contributed by atoms with E-state index in [4.69, 9.17) is 5.11 Å². The molecule has 1 saturated carbocycles. The zero-order valence-corrected chi connectivity index (χ0v) is 11.1. The SMILES string of the molecule is CC1(C)CCC(N2CCC(CC(=O)O)C2)CC1. The zero-order chi connectivity index (χ0) is 12.5. The fourth-order valence-corrected chi connectivity index (χ4v) is 3.36. The molecule has 0 bridgehead atoms. The van der Waals surface area contributed by atoms with E-state index in [0.717, 1.165) is 25.6 Å². The molecule has 0 aromatic heterocycles. The molecule has 1 aliphatic heterocycles. The highest BCUT2D eigenvalue weighted by Gasteiger charge is 2.34. The average molecular weight is 239 g/mol. The fraction of sp³-hybridized carbons (Fsp3) is 0.929. The van der Waals surface area contributed by atoms with Crippen LogP contribution in [-0.2, 0) is 4.79 Å². The van der Waals surface area contributed by atoms with Gasteiger partial charge in [-0.1, -0.05) is 13.8 Å². The molecule has 0 aromatic rings. The Morgan fingerprint density at radius 1 is 1.29 bits per heavy atom. The Morgan fingerprint density at radius 2 is 1.94 bits per heavy atom. The lowest BCUT2D eigenvalue weighted by Crippen LogP contribution is -2.38. The van der Waals surface area contributed by atoms with Gasteiger partial charge >= 0.3 is 5.97 Å². The van der Waals surface area contributed by atoms with Crippen molar-refractivity contribution in [1.82, 2.24) is 4.90 Å². The molecular weight excluding hydrogens is 214 g/mol. The maximum absolute atomic E-state index is 10.7. The van der Waals surface area contributed by atoms with Gasteiger partial charge in [-0.05, 0) is 50.0 Å². The lowest BCUT2D eigenvalue weighted by molar-refractivity contribution is -0.138. The molecule has 2 aliphatic rings. The van der Waals surface area contributed by atoms with Gasteiger partial charge in [0.05, 0.1) is 0 Å². The summed E-state index contributed by atoms with van der Waals surface area (Å²) in [6, 6.07) is 0.724. The van der Waals surface area contributed by atoms with Crippen LogP contribution in [0.1, 0.15) is 52.4 Å². The molecule has 1 heterocycles. The van der Waals surface area contributed by atoms with Crippen LogP contribution in [0.5, 0.6) is 0 Å². The molecule has 2 fully saturated rings. The quantitative estimate of drug-likeness (QED) is 0.823. The maximum Gasteiger partial charge on any atom is 0.303 e. The highest BCUT2D eigenvalue weighted by atomic mass is 16.4. The van der Waals surface area contributed by atoms with Crippen molar-refractivity contribution in [1.29, 1.82) is 0 Å². The van der Waals surface area contributed by atoms with Crippen molar-refractivity contribution in [3.63, 3.8) is 0 Å². The minimum atomic E-state index is -0.637. The second-order valence-electron chi connectivity index (χ2n) is 6.64. The molecule has 1 aliphatic carbocycles. The number of likely N-dealkylation sites (tertiary alicyclic amines) is 1. The topological polar surface area (TPSA) is 40.5 Å². The highest BCUT2D eigenvalue weighted by molar-refractivity contribution is 5.67. The Bertz CT molecular complexity index is 278. The second kappa shape index (κ2) is 4.97. The molecule has 1 N–H and O–H groups in total. The van der Waals surface area contributed by atoms with Crippen LogP contribution in [0, 0.1) is 11.3 Å². The Hall–Kier alpha value is -0.570. The summed E-state index contributed by atoms with van der Waals surface area (Å²) in [5.74, 6) is -0.246. The predicted octanol–water partition coefficient (Wildman–Crippen LogP) is 2.75. The van der Waals surface area contributed by atoms with Crippen molar-refractivity contribution in [2.75, 3.05) is 13.1 Å². The molecule has 3 heteroatoms. The van der Waals surface area contributed by atoms with Gasteiger partial charge in [0.15, 0.2) is 0 Å². The normalized spacial score (nSPS) is 30.6. The number of carboxylic acid groups (broad SMARTS) is 1. The first-order chi connectivity index (χ1) is 7.96. The summed E-state index contributed by atoms with van der Waals surface area (Å²) in [4.78, 5) is 13.2. The minimum Gasteiger partial charge on any atom is -0.481 e. The van der Waals surface area contributed by atoms with E-state index in [1.807, 2.05) is 0 Å². The molecule has 2 rings (SSSR count). The Kier molecular flexibility index (Phi) is 3.76. The highest BCUT2D eigenvalue weighted by Crippen LogP contribution is 2.38. The van der Waals surface area contributed by atoms with Crippen molar-refractivity contribution in [3.05, 3.63) is 0 Å². The lowest BCUT2D eigenvalue weighted by atomic mass is 9.75. The van der Waals surface area contributed by atoms with E-state index in [9.17, 15) is 4.79 Å². The largest absolute Gasteiger partial charge is 0.481 e. The first kappa shape index (κ1) is 12.9. The van der Waals surface area contributed by atoms with E-state index in [0.29, 0.717) is 17.8 Å².